The highest BCUT2D eigenvalue weighted by Gasteiger charge is 2.43. The number of benzene rings is 1. The molecule has 2 heterocycles. The predicted molar refractivity (Wildman–Crippen MR) is 106 cm³/mol. The maximum absolute atomic E-state index is 12.4. The molecule has 2 aromatic rings. The third-order valence-corrected chi connectivity index (χ3v) is 4.46. The van der Waals surface area contributed by atoms with Crippen molar-refractivity contribution in [3.8, 4) is 11.6 Å². The van der Waals surface area contributed by atoms with E-state index in [2.05, 4.69) is 4.98 Å². The molecule has 0 bridgehead atoms. The summed E-state index contributed by atoms with van der Waals surface area (Å²) in [5.41, 5.74) is -0.714. The molecule has 156 valence electrons. The number of aromatic nitrogens is 1. The van der Waals surface area contributed by atoms with Crippen molar-refractivity contribution in [2.45, 2.75) is 51.9 Å². The third kappa shape index (κ3) is 4.88. The van der Waals surface area contributed by atoms with Crippen molar-refractivity contribution in [2.75, 3.05) is 13.2 Å². The Kier molecular flexibility index (Phi) is 5.81. The number of carbonyl (C=O) groups is 2. The Labute approximate surface area is 169 Å². The van der Waals surface area contributed by atoms with Gasteiger partial charge in [0.05, 0.1) is 13.2 Å². The lowest BCUT2D eigenvalue weighted by Crippen LogP contribution is -2.43. The summed E-state index contributed by atoms with van der Waals surface area (Å²) in [4.78, 5) is 29.6. The number of fused-ring (bicyclic) bond motifs is 1. The number of pyridine rings is 1. The highest BCUT2D eigenvalue weighted by molar-refractivity contribution is 5.88. The minimum atomic E-state index is -1.09. The van der Waals surface area contributed by atoms with E-state index in [1.807, 2.05) is 31.2 Å². The summed E-state index contributed by atoms with van der Waals surface area (Å²) in [5, 5.41) is 11.2. The van der Waals surface area contributed by atoms with Crippen molar-refractivity contribution < 1.29 is 28.9 Å². The average molecular weight is 402 g/mol. The number of ether oxygens (including phenoxy) is 3. The summed E-state index contributed by atoms with van der Waals surface area (Å²) >= 11 is 0. The Morgan fingerprint density at radius 2 is 2.03 bits per heavy atom. The minimum absolute atomic E-state index is 0.112. The van der Waals surface area contributed by atoms with Crippen LogP contribution in [0.5, 0.6) is 11.6 Å². The van der Waals surface area contributed by atoms with Gasteiger partial charge in [0.15, 0.2) is 0 Å². The van der Waals surface area contributed by atoms with Crippen LogP contribution in [0, 0.1) is 0 Å². The Bertz CT molecular complexity index is 908. The van der Waals surface area contributed by atoms with Crippen LogP contribution in [0.4, 0.5) is 4.79 Å². The second-order valence-electron chi connectivity index (χ2n) is 7.89. The largest absolute Gasteiger partial charge is 0.494 e. The van der Waals surface area contributed by atoms with Crippen LogP contribution in [0.25, 0.3) is 10.8 Å². The van der Waals surface area contributed by atoms with E-state index in [4.69, 9.17) is 14.2 Å². The van der Waals surface area contributed by atoms with Gasteiger partial charge in [-0.1, -0.05) is 0 Å². The molecule has 0 radical (unpaired) electrons. The number of rotatable bonds is 5. The van der Waals surface area contributed by atoms with E-state index < -0.39 is 29.8 Å². The molecule has 1 aliphatic rings. The van der Waals surface area contributed by atoms with Crippen LogP contribution < -0.4 is 9.47 Å². The van der Waals surface area contributed by atoms with Gasteiger partial charge in [0.2, 0.25) is 5.88 Å². The van der Waals surface area contributed by atoms with Gasteiger partial charge in [-0.25, -0.2) is 14.6 Å². The van der Waals surface area contributed by atoms with Crippen molar-refractivity contribution >= 4 is 22.8 Å². The second-order valence-corrected chi connectivity index (χ2v) is 7.89. The summed E-state index contributed by atoms with van der Waals surface area (Å²) < 4.78 is 16.9. The molecule has 1 aromatic carbocycles. The first-order valence-electron chi connectivity index (χ1n) is 9.58. The molecule has 1 N–H and O–H groups in total. The van der Waals surface area contributed by atoms with Crippen LogP contribution >= 0.6 is 0 Å². The SMILES string of the molecule is CCOc1ccc2c(O[C@@H]3CC(C(=O)O)N(C(=O)OC(C)(C)C)C3)nccc2c1. The molecule has 0 spiro atoms. The van der Waals surface area contributed by atoms with Crippen LogP contribution in [-0.4, -0.2) is 58.0 Å². The van der Waals surface area contributed by atoms with Gasteiger partial charge in [0, 0.05) is 18.0 Å². The van der Waals surface area contributed by atoms with E-state index >= 15 is 0 Å². The molecule has 29 heavy (non-hydrogen) atoms. The first-order valence-corrected chi connectivity index (χ1v) is 9.58. The maximum Gasteiger partial charge on any atom is 0.411 e. The van der Waals surface area contributed by atoms with E-state index in [1.165, 1.54) is 4.90 Å². The molecule has 1 aromatic heterocycles. The van der Waals surface area contributed by atoms with Gasteiger partial charge in [-0.05, 0) is 57.3 Å². The number of amides is 1. The second kappa shape index (κ2) is 8.14. The van der Waals surface area contributed by atoms with Gasteiger partial charge in [-0.15, -0.1) is 0 Å². The van der Waals surface area contributed by atoms with Crippen LogP contribution in [0.15, 0.2) is 30.5 Å². The number of carboxylic acid groups (broad SMARTS) is 1. The van der Waals surface area contributed by atoms with E-state index in [1.54, 1.807) is 27.0 Å². The standard InChI is InChI=1S/C21H26N2O6/c1-5-27-14-6-7-16-13(10-14)8-9-22-18(16)28-15-11-17(19(24)25)23(12-15)20(26)29-21(2,3)4/h6-10,15,17H,5,11-12H2,1-4H3,(H,24,25)/t15-,17?/m1/s1. The van der Waals surface area contributed by atoms with Crippen LogP contribution in [0.2, 0.25) is 0 Å². The first kappa shape index (κ1) is 20.7. The molecule has 3 rings (SSSR count). The number of aliphatic carboxylic acids is 1. The summed E-state index contributed by atoms with van der Waals surface area (Å²) in [6.07, 6.45) is 0.614. The van der Waals surface area contributed by atoms with Crippen molar-refractivity contribution in [1.29, 1.82) is 0 Å². The van der Waals surface area contributed by atoms with Crippen molar-refractivity contribution in [2.24, 2.45) is 0 Å². The Morgan fingerprint density at radius 1 is 1.28 bits per heavy atom. The number of nitrogens with zero attached hydrogens (tertiary/aromatic N) is 2. The topological polar surface area (TPSA) is 98.2 Å². The zero-order chi connectivity index (χ0) is 21.2. The molecule has 8 nitrogen and oxygen atoms in total. The van der Waals surface area contributed by atoms with Crippen LogP contribution in [0.1, 0.15) is 34.1 Å². The molecule has 0 saturated carbocycles. The molecule has 8 heteroatoms. The number of carboxylic acids is 1. The molecular weight excluding hydrogens is 376 g/mol. The predicted octanol–water partition coefficient (Wildman–Crippen LogP) is 3.47. The fourth-order valence-corrected chi connectivity index (χ4v) is 3.28. The highest BCUT2D eigenvalue weighted by atomic mass is 16.6. The van der Waals surface area contributed by atoms with Crippen LogP contribution in [0.3, 0.4) is 0 Å². The fourth-order valence-electron chi connectivity index (χ4n) is 3.28. The van der Waals surface area contributed by atoms with Gasteiger partial charge < -0.3 is 19.3 Å². The van der Waals surface area contributed by atoms with E-state index in [-0.39, 0.29) is 13.0 Å². The lowest BCUT2D eigenvalue weighted by Gasteiger charge is -2.26. The molecular formula is C21H26N2O6. The highest BCUT2D eigenvalue weighted by Crippen LogP contribution is 2.30. The summed E-state index contributed by atoms with van der Waals surface area (Å²) in [5.74, 6) is 0.0555. The monoisotopic (exact) mass is 402 g/mol. The third-order valence-electron chi connectivity index (χ3n) is 4.46. The van der Waals surface area contributed by atoms with E-state index in [0.717, 1.165) is 16.5 Å². The van der Waals surface area contributed by atoms with Gasteiger partial charge in [-0.2, -0.15) is 0 Å². The van der Waals surface area contributed by atoms with Gasteiger partial charge in [-0.3, -0.25) is 4.90 Å². The Balaban J connectivity index is 1.80. The molecule has 0 aliphatic carbocycles. The Hall–Kier alpha value is -3.03. The molecule has 2 atom stereocenters. The quantitative estimate of drug-likeness (QED) is 0.817. The zero-order valence-corrected chi connectivity index (χ0v) is 17.0. The molecule has 1 unspecified atom stereocenters. The number of likely N-dealkylation sites (tertiary alicyclic amines) is 1. The van der Waals surface area contributed by atoms with Gasteiger partial charge in [0.1, 0.15) is 23.5 Å². The lowest BCUT2D eigenvalue weighted by molar-refractivity contribution is -0.142. The van der Waals surface area contributed by atoms with Gasteiger partial charge in [0.25, 0.3) is 0 Å². The fraction of sp³-hybridized carbons (Fsp3) is 0.476. The molecule has 1 fully saturated rings. The number of hydrogen-bond acceptors (Lipinski definition) is 6. The summed E-state index contributed by atoms with van der Waals surface area (Å²) in [6, 6.07) is 6.44. The number of hydrogen-bond donors (Lipinski definition) is 1. The van der Waals surface area contributed by atoms with Crippen molar-refractivity contribution in [3.63, 3.8) is 0 Å². The number of carbonyl (C=O) groups excluding carboxylic acids is 1. The van der Waals surface area contributed by atoms with Crippen LogP contribution in [-0.2, 0) is 9.53 Å². The first-order chi connectivity index (χ1) is 13.7. The normalized spacial score (nSPS) is 19.2. The minimum Gasteiger partial charge on any atom is -0.494 e. The lowest BCUT2D eigenvalue weighted by atomic mass is 10.1. The van der Waals surface area contributed by atoms with Crippen molar-refractivity contribution in [3.05, 3.63) is 30.5 Å². The van der Waals surface area contributed by atoms with Gasteiger partial charge >= 0.3 is 12.1 Å². The zero-order valence-electron chi connectivity index (χ0n) is 17.0. The maximum atomic E-state index is 12.4. The van der Waals surface area contributed by atoms with E-state index in [0.29, 0.717) is 12.5 Å². The van der Waals surface area contributed by atoms with E-state index in [9.17, 15) is 14.7 Å². The average Bonchev–Trinajstić information content (AvgIpc) is 3.05. The van der Waals surface area contributed by atoms with Crippen molar-refractivity contribution in [1.82, 2.24) is 9.88 Å². The smallest absolute Gasteiger partial charge is 0.411 e. The summed E-state index contributed by atoms with van der Waals surface area (Å²) in [7, 11) is 0. The molecule has 1 aliphatic heterocycles. The Morgan fingerprint density at radius 3 is 2.69 bits per heavy atom. The summed E-state index contributed by atoms with van der Waals surface area (Å²) in [6.45, 7) is 7.81. The molecule has 1 amide bonds. The molecule has 1 saturated heterocycles.